The molecule has 4 rings (SSSR count). The van der Waals surface area contributed by atoms with Gasteiger partial charge in [-0.1, -0.05) is 58.5 Å². The summed E-state index contributed by atoms with van der Waals surface area (Å²) in [6, 6.07) is 10.3. The van der Waals surface area contributed by atoms with E-state index in [1.165, 1.54) is 0 Å². The van der Waals surface area contributed by atoms with Crippen LogP contribution in [0.1, 0.15) is 63.1 Å². The van der Waals surface area contributed by atoms with E-state index in [0.29, 0.717) is 44.7 Å². The number of aliphatic hydroxyl groups is 1. The lowest BCUT2D eigenvalue weighted by Crippen LogP contribution is -2.50. The highest BCUT2D eigenvalue weighted by molar-refractivity contribution is 6.42. The first kappa shape index (κ1) is 30.4. The smallest absolute Gasteiger partial charge is 0.230 e. The number of hydrogen-bond donors (Lipinski definition) is 2. The fraction of sp³-hybridized carbons (Fsp3) is 0.517. The van der Waals surface area contributed by atoms with Crippen LogP contribution in [0.5, 0.6) is 0 Å². The van der Waals surface area contributed by atoms with Crippen molar-refractivity contribution in [2.24, 2.45) is 0 Å². The van der Waals surface area contributed by atoms with Gasteiger partial charge in [-0.15, -0.1) is 0 Å². The monoisotopic (exact) mass is 613 g/mol. The lowest BCUT2D eigenvalue weighted by Gasteiger charge is -2.40. The van der Waals surface area contributed by atoms with Crippen LogP contribution in [0.4, 0.5) is 0 Å². The average molecular weight is 615 g/mol. The molecule has 6 nitrogen and oxygen atoms in total. The molecule has 0 bridgehead atoms. The summed E-state index contributed by atoms with van der Waals surface area (Å²) in [5.41, 5.74) is 0.449. The molecule has 1 heterocycles. The van der Waals surface area contributed by atoms with Crippen LogP contribution in [0.15, 0.2) is 36.4 Å². The average Bonchev–Trinajstić information content (AvgIpc) is 3.74. The van der Waals surface area contributed by atoms with Crippen molar-refractivity contribution >= 4 is 58.2 Å². The highest BCUT2D eigenvalue weighted by Crippen LogP contribution is 2.36. The third kappa shape index (κ3) is 7.22. The standard InChI is InChI=1S/C29H35Cl4N3O3/c1-18(38)36(21-5-6-21)22-9-12-35(13-10-22)14-11-29(2,20-4-8-24(31)26(33)16-20)28(39)34-27(17-37)19-3-7-23(30)25(32)15-19/h3-4,7-8,15-16,21-22,27,37H,5-6,9-14,17H2,1-2H3,(H,34,39)/t27-,29?/m0/s1. The van der Waals surface area contributed by atoms with Crippen molar-refractivity contribution in [3.05, 3.63) is 67.6 Å². The first-order valence-electron chi connectivity index (χ1n) is 13.4. The lowest BCUT2D eigenvalue weighted by molar-refractivity contribution is -0.133. The molecule has 2 N–H and O–H groups in total. The Bertz CT molecular complexity index is 1200. The molecule has 212 valence electrons. The second kappa shape index (κ2) is 13.0. The van der Waals surface area contributed by atoms with E-state index < -0.39 is 11.5 Å². The fourth-order valence-corrected chi connectivity index (χ4v) is 6.08. The summed E-state index contributed by atoms with van der Waals surface area (Å²) in [6.45, 7) is 5.68. The molecular formula is C29H35Cl4N3O3. The molecular weight excluding hydrogens is 580 g/mol. The third-order valence-electron chi connectivity index (χ3n) is 8.07. The number of piperidine rings is 1. The van der Waals surface area contributed by atoms with Gasteiger partial charge in [0.1, 0.15) is 0 Å². The van der Waals surface area contributed by atoms with Crippen LogP contribution in [0.25, 0.3) is 0 Å². The molecule has 10 heteroatoms. The van der Waals surface area contributed by atoms with Gasteiger partial charge < -0.3 is 20.2 Å². The molecule has 2 atom stereocenters. The maximum atomic E-state index is 13.9. The minimum atomic E-state index is -0.950. The van der Waals surface area contributed by atoms with Crippen LogP contribution in [-0.4, -0.2) is 65.0 Å². The zero-order valence-electron chi connectivity index (χ0n) is 22.2. The van der Waals surface area contributed by atoms with E-state index in [2.05, 4.69) is 15.1 Å². The zero-order chi connectivity index (χ0) is 28.3. The number of amides is 2. The van der Waals surface area contributed by atoms with E-state index in [1.54, 1.807) is 37.3 Å². The SMILES string of the molecule is CC(=O)N(C1CC1)C1CCN(CCC(C)(C(=O)N[C@@H](CO)c2ccc(Cl)c(Cl)c2)c2ccc(Cl)c(Cl)c2)CC1. The predicted octanol–water partition coefficient (Wildman–Crippen LogP) is 6.27. The Hall–Kier alpha value is -1.54. The molecule has 1 saturated carbocycles. The van der Waals surface area contributed by atoms with Crippen molar-refractivity contribution in [2.45, 2.75) is 69.5 Å². The number of benzene rings is 2. The fourth-order valence-electron chi connectivity index (χ4n) is 5.48. The number of nitrogens with zero attached hydrogens (tertiary/aromatic N) is 2. The van der Waals surface area contributed by atoms with Crippen molar-refractivity contribution in [1.82, 2.24) is 15.1 Å². The van der Waals surface area contributed by atoms with Crippen LogP contribution in [0.3, 0.4) is 0 Å². The van der Waals surface area contributed by atoms with Crippen LogP contribution >= 0.6 is 46.4 Å². The molecule has 1 unspecified atom stereocenters. The topological polar surface area (TPSA) is 72.9 Å². The molecule has 2 amide bonds. The Labute approximate surface area is 250 Å². The van der Waals surface area contributed by atoms with E-state index >= 15 is 0 Å². The highest BCUT2D eigenvalue weighted by atomic mass is 35.5. The summed E-state index contributed by atoms with van der Waals surface area (Å²) in [6.07, 6.45) is 4.59. The minimum absolute atomic E-state index is 0.167. The van der Waals surface area contributed by atoms with Crippen LogP contribution in [0.2, 0.25) is 20.1 Å². The van der Waals surface area contributed by atoms with Gasteiger partial charge >= 0.3 is 0 Å². The Morgan fingerprint density at radius 2 is 1.56 bits per heavy atom. The maximum absolute atomic E-state index is 13.9. The van der Waals surface area contributed by atoms with E-state index in [1.807, 2.05) is 13.0 Å². The molecule has 2 fully saturated rings. The van der Waals surface area contributed by atoms with Crippen molar-refractivity contribution < 1.29 is 14.7 Å². The molecule has 2 aromatic carbocycles. The number of rotatable bonds is 10. The second-order valence-corrected chi connectivity index (χ2v) is 12.5. The van der Waals surface area contributed by atoms with Crippen LogP contribution in [0, 0.1) is 0 Å². The van der Waals surface area contributed by atoms with Gasteiger partial charge in [0.05, 0.1) is 38.2 Å². The molecule has 1 aliphatic heterocycles. The highest BCUT2D eigenvalue weighted by Gasteiger charge is 2.39. The van der Waals surface area contributed by atoms with Gasteiger partial charge in [0, 0.05) is 32.1 Å². The van der Waals surface area contributed by atoms with E-state index in [0.717, 1.165) is 44.3 Å². The van der Waals surface area contributed by atoms with Crippen molar-refractivity contribution in [3.63, 3.8) is 0 Å². The van der Waals surface area contributed by atoms with E-state index in [9.17, 15) is 14.7 Å². The number of carbonyl (C=O) groups is 2. The predicted molar refractivity (Wildman–Crippen MR) is 158 cm³/mol. The Morgan fingerprint density at radius 1 is 0.974 bits per heavy atom. The summed E-state index contributed by atoms with van der Waals surface area (Å²) < 4.78 is 0. The third-order valence-corrected chi connectivity index (χ3v) is 9.55. The van der Waals surface area contributed by atoms with Crippen molar-refractivity contribution in [1.29, 1.82) is 0 Å². The number of likely N-dealkylation sites (tertiary alicyclic amines) is 1. The summed E-state index contributed by atoms with van der Waals surface area (Å²) in [4.78, 5) is 30.6. The summed E-state index contributed by atoms with van der Waals surface area (Å²) in [5.74, 6) is -0.0717. The van der Waals surface area contributed by atoms with E-state index in [4.69, 9.17) is 46.4 Å². The molecule has 1 aliphatic carbocycles. The maximum Gasteiger partial charge on any atom is 0.230 e. The largest absolute Gasteiger partial charge is 0.394 e. The molecule has 1 saturated heterocycles. The van der Waals surface area contributed by atoms with Gasteiger partial charge in [0.15, 0.2) is 0 Å². The Kier molecular flexibility index (Phi) is 10.1. The molecule has 0 spiro atoms. The van der Waals surface area contributed by atoms with Gasteiger partial charge in [-0.05, 0) is 81.0 Å². The molecule has 2 aliphatic rings. The minimum Gasteiger partial charge on any atom is -0.394 e. The van der Waals surface area contributed by atoms with Gasteiger partial charge in [-0.2, -0.15) is 0 Å². The first-order valence-corrected chi connectivity index (χ1v) is 14.9. The summed E-state index contributed by atoms with van der Waals surface area (Å²) in [5, 5.41) is 14.7. The van der Waals surface area contributed by atoms with Crippen LogP contribution in [-0.2, 0) is 15.0 Å². The van der Waals surface area contributed by atoms with Gasteiger partial charge in [0.25, 0.3) is 0 Å². The number of hydrogen-bond acceptors (Lipinski definition) is 4. The van der Waals surface area contributed by atoms with Gasteiger partial charge in [-0.3, -0.25) is 9.59 Å². The Morgan fingerprint density at radius 3 is 2.10 bits per heavy atom. The van der Waals surface area contributed by atoms with Crippen molar-refractivity contribution in [3.8, 4) is 0 Å². The quantitative estimate of drug-likeness (QED) is 0.331. The first-order chi connectivity index (χ1) is 18.5. The zero-order valence-corrected chi connectivity index (χ0v) is 25.3. The number of halogens is 4. The molecule has 0 radical (unpaired) electrons. The van der Waals surface area contributed by atoms with Gasteiger partial charge in [0.2, 0.25) is 11.8 Å². The van der Waals surface area contributed by atoms with E-state index in [-0.39, 0.29) is 24.5 Å². The van der Waals surface area contributed by atoms with Gasteiger partial charge in [-0.25, -0.2) is 0 Å². The molecule has 0 aromatic heterocycles. The Balaban J connectivity index is 1.49. The van der Waals surface area contributed by atoms with Crippen LogP contribution < -0.4 is 5.32 Å². The number of carbonyl (C=O) groups excluding carboxylic acids is 2. The van der Waals surface area contributed by atoms with Crippen molar-refractivity contribution in [2.75, 3.05) is 26.2 Å². The second-order valence-electron chi connectivity index (χ2n) is 10.8. The molecule has 39 heavy (non-hydrogen) atoms. The number of aliphatic hydroxyl groups excluding tert-OH is 1. The summed E-state index contributed by atoms with van der Waals surface area (Å²) >= 11 is 24.8. The number of nitrogens with one attached hydrogen (secondary N) is 1. The molecule has 2 aromatic rings. The summed E-state index contributed by atoms with van der Waals surface area (Å²) in [7, 11) is 0. The lowest BCUT2D eigenvalue weighted by atomic mass is 9.78. The normalized spacial score (nSPS) is 18.8.